The lowest BCUT2D eigenvalue weighted by atomic mass is 10.0. The van der Waals surface area contributed by atoms with Gasteiger partial charge in [0.2, 0.25) is 5.91 Å². The molecule has 0 heterocycles. The number of rotatable bonds is 7. The van der Waals surface area contributed by atoms with Gasteiger partial charge < -0.3 is 15.0 Å². The lowest BCUT2D eigenvalue weighted by Crippen LogP contribution is -2.45. The van der Waals surface area contributed by atoms with Gasteiger partial charge in [0.05, 0.1) is 0 Å². The number of carbonyl (C=O) groups is 2. The summed E-state index contributed by atoms with van der Waals surface area (Å²) in [7, 11) is 1.73. The van der Waals surface area contributed by atoms with Gasteiger partial charge in [-0.3, -0.25) is 4.79 Å². The summed E-state index contributed by atoms with van der Waals surface area (Å²) >= 11 is 0. The Balaban J connectivity index is 1.81. The van der Waals surface area contributed by atoms with E-state index in [-0.39, 0.29) is 12.5 Å². The van der Waals surface area contributed by atoms with Gasteiger partial charge in [0, 0.05) is 13.6 Å². The summed E-state index contributed by atoms with van der Waals surface area (Å²) in [5.41, 5.74) is 3.21. The number of nitrogens with zero attached hydrogens (tertiary/aromatic N) is 1. The SMILES string of the molecule is CC(C)c1ccc(CN(C)C(=O)[C@H](C)NC(=O)OCc2ccccc2)cc1. The second-order valence-corrected chi connectivity index (χ2v) is 7.02. The molecule has 5 heteroatoms. The summed E-state index contributed by atoms with van der Waals surface area (Å²) in [6, 6.07) is 17.0. The normalized spacial score (nSPS) is 11.7. The first-order chi connectivity index (χ1) is 12.9. The van der Waals surface area contributed by atoms with Crippen LogP contribution in [0.15, 0.2) is 54.6 Å². The molecular formula is C22H28N2O3. The minimum absolute atomic E-state index is 0.167. The fourth-order valence-corrected chi connectivity index (χ4v) is 2.69. The number of amides is 2. The van der Waals surface area contributed by atoms with Crippen molar-refractivity contribution in [2.75, 3.05) is 7.05 Å². The largest absolute Gasteiger partial charge is 0.445 e. The molecule has 0 unspecified atom stereocenters. The van der Waals surface area contributed by atoms with E-state index in [1.807, 2.05) is 42.5 Å². The topological polar surface area (TPSA) is 58.6 Å². The van der Waals surface area contributed by atoms with Crippen molar-refractivity contribution in [3.63, 3.8) is 0 Å². The molecule has 0 aliphatic rings. The number of likely N-dealkylation sites (N-methyl/N-ethyl adjacent to an activating group) is 1. The van der Waals surface area contributed by atoms with E-state index in [0.29, 0.717) is 12.5 Å². The molecule has 1 atom stereocenters. The smallest absolute Gasteiger partial charge is 0.408 e. The van der Waals surface area contributed by atoms with Crippen LogP contribution < -0.4 is 5.32 Å². The van der Waals surface area contributed by atoms with E-state index in [2.05, 4.69) is 31.3 Å². The van der Waals surface area contributed by atoms with Crippen molar-refractivity contribution in [3.8, 4) is 0 Å². The zero-order valence-corrected chi connectivity index (χ0v) is 16.4. The van der Waals surface area contributed by atoms with E-state index in [1.54, 1.807) is 18.9 Å². The Bertz CT molecular complexity index is 742. The summed E-state index contributed by atoms with van der Waals surface area (Å²) < 4.78 is 5.16. The van der Waals surface area contributed by atoms with Crippen LogP contribution in [-0.4, -0.2) is 30.0 Å². The maximum Gasteiger partial charge on any atom is 0.408 e. The first kappa shape index (κ1) is 20.5. The van der Waals surface area contributed by atoms with Gasteiger partial charge >= 0.3 is 6.09 Å². The predicted octanol–water partition coefficient (Wildman–Crippen LogP) is 4.08. The lowest BCUT2D eigenvalue weighted by molar-refractivity contribution is -0.132. The molecule has 2 aromatic rings. The van der Waals surface area contributed by atoms with Crippen molar-refractivity contribution in [2.24, 2.45) is 0 Å². The van der Waals surface area contributed by atoms with Crippen LogP contribution in [0.2, 0.25) is 0 Å². The summed E-state index contributed by atoms with van der Waals surface area (Å²) in [5.74, 6) is 0.309. The van der Waals surface area contributed by atoms with E-state index in [4.69, 9.17) is 4.74 Å². The molecule has 0 aliphatic heterocycles. The maximum absolute atomic E-state index is 12.5. The number of nitrogens with one attached hydrogen (secondary N) is 1. The fraction of sp³-hybridized carbons (Fsp3) is 0.364. The van der Waals surface area contributed by atoms with Crippen molar-refractivity contribution in [1.29, 1.82) is 0 Å². The Kier molecular flexibility index (Phi) is 7.41. The van der Waals surface area contributed by atoms with Gasteiger partial charge in [0.15, 0.2) is 0 Å². The standard InChI is InChI=1S/C22H28N2O3/c1-16(2)20-12-10-18(11-13-20)14-24(4)21(25)17(3)23-22(26)27-15-19-8-6-5-7-9-19/h5-13,16-17H,14-15H2,1-4H3,(H,23,26)/t17-/m0/s1. The van der Waals surface area contributed by atoms with E-state index in [9.17, 15) is 9.59 Å². The number of alkyl carbamates (subject to hydrolysis) is 1. The van der Waals surface area contributed by atoms with Gasteiger partial charge in [0.25, 0.3) is 0 Å². The van der Waals surface area contributed by atoms with Crippen LogP contribution in [0.5, 0.6) is 0 Å². The fourth-order valence-electron chi connectivity index (χ4n) is 2.69. The summed E-state index contributed by atoms with van der Waals surface area (Å²) in [5, 5.41) is 2.59. The van der Waals surface area contributed by atoms with Crippen LogP contribution in [0.3, 0.4) is 0 Å². The monoisotopic (exact) mass is 368 g/mol. The highest BCUT2D eigenvalue weighted by molar-refractivity contribution is 5.85. The van der Waals surface area contributed by atoms with Crippen LogP contribution in [0.4, 0.5) is 4.79 Å². The molecule has 5 nitrogen and oxygen atoms in total. The minimum atomic E-state index is -0.659. The quantitative estimate of drug-likeness (QED) is 0.801. The van der Waals surface area contributed by atoms with Crippen molar-refractivity contribution >= 4 is 12.0 Å². The van der Waals surface area contributed by atoms with E-state index in [0.717, 1.165) is 11.1 Å². The van der Waals surface area contributed by atoms with Gasteiger partial charge in [-0.15, -0.1) is 0 Å². The molecule has 2 aromatic carbocycles. The van der Waals surface area contributed by atoms with Crippen LogP contribution in [0.25, 0.3) is 0 Å². The molecular weight excluding hydrogens is 340 g/mol. The van der Waals surface area contributed by atoms with Gasteiger partial charge in [-0.1, -0.05) is 68.4 Å². The molecule has 0 fully saturated rings. The molecule has 2 rings (SSSR count). The molecule has 0 aromatic heterocycles. The third-order valence-electron chi connectivity index (χ3n) is 4.36. The van der Waals surface area contributed by atoms with Crippen molar-refractivity contribution in [2.45, 2.75) is 45.9 Å². The number of hydrogen-bond acceptors (Lipinski definition) is 3. The molecule has 1 N–H and O–H groups in total. The Morgan fingerprint density at radius 1 is 0.963 bits per heavy atom. The van der Waals surface area contributed by atoms with Crippen LogP contribution in [0, 0.1) is 0 Å². The third kappa shape index (κ3) is 6.44. The molecule has 0 saturated carbocycles. The average molecular weight is 368 g/mol. The van der Waals surface area contributed by atoms with Crippen LogP contribution in [-0.2, 0) is 22.7 Å². The molecule has 0 radical (unpaired) electrons. The highest BCUT2D eigenvalue weighted by atomic mass is 16.5. The van der Waals surface area contributed by atoms with Gasteiger partial charge in [0.1, 0.15) is 12.6 Å². The molecule has 0 spiro atoms. The number of ether oxygens (including phenoxy) is 1. The third-order valence-corrected chi connectivity index (χ3v) is 4.36. The lowest BCUT2D eigenvalue weighted by Gasteiger charge is -2.22. The van der Waals surface area contributed by atoms with Crippen molar-refractivity contribution < 1.29 is 14.3 Å². The van der Waals surface area contributed by atoms with Crippen molar-refractivity contribution in [3.05, 3.63) is 71.3 Å². The first-order valence-electron chi connectivity index (χ1n) is 9.18. The van der Waals surface area contributed by atoms with Crippen LogP contribution >= 0.6 is 0 Å². The van der Waals surface area contributed by atoms with E-state index < -0.39 is 12.1 Å². The van der Waals surface area contributed by atoms with Crippen molar-refractivity contribution in [1.82, 2.24) is 10.2 Å². The molecule has 2 amide bonds. The number of hydrogen-bond donors (Lipinski definition) is 1. The van der Waals surface area contributed by atoms with Gasteiger partial charge in [-0.05, 0) is 29.5 Å². The Morgan fingerprint density at radius 2 is 1.59 bits per heavy atom. The Morgan fingerprint density at radius 3 is 2.19 bits per heavy atom. The highest BCUT2D eigenvalue weighted by Gasteiger charge is 2.20. The minimum Gasteiger partial charge on any atom is -0.445 e. The maximum atomic E-state index is 12.5. The molecule has 0 saturated heterocycles. The summed E-state index contributed by atoms with van der Waals surface area (Å²) in [6.45, 7) is 6.61. The Hall–Kier alpha value is -2.82. The zero-order valence-electron chi connectivity index (χ0n) is 16.4. The van der Waals surface area contributed by atoms with E-state index in [1.165, 1.54) is 5.56 Å². The van der Waals surface area contributed by atoms with Crippen LogP contribution in [0.1, 0.15) is 43.4 Å². The number of carbonyl (C=O) groups excluding carboxylic acids is 2. The van der Waals surface area contributed by atoms with E-state index >= 15 is 0 Å². The average Bonchev–Trinajstić information content (AvgIpc) is 2.67. The molecule has 0 bridgehead atoms. The second-order valence-electron chi connectivity index (χ2n) is 7.02. The molecule has 0 aliphatic carbocycles. The predicted molar refractivity (Wildman–Crippen MR) is 106 cm³/mol. The van der Waals surface area contributed by atoms with Gasteiger partial charge in [-0.2, -0.15) is 0 Å². The molecule has 144 valence electrons. The molecule has 27 heavy (non-hydrogen) atoms. The Labute approximate surface area is 161 Å². The highest BCUT2D eigenvalue weighted by Crippen LogP contribution is 2.15. The van der Waals surface area contributed by atoms with Gasteiger partial charge in [-0.25, -0.2) is 4.79 Å². The second kappa shape index (κ2) is 9.76. The number of benzene rings is 2. The summed E-state index contributed by atoms with van der Waals surface area (Å²) in [4.78, 5) is 26.0. The zero-order chi connectivity index (χ0) is 19.8. The summed E-state index contributed by atoms with van der Waals surface area (Å²) in [6.07, 6.45) is -0.602. The first-order valence-corrected chi connectivity index (χ1v) is 9.18.